The molecule has 2 saturated carbocycles. The standard InChI is InChI=1S/C16H27NOS/c1-2-12(1)15(13-3-4-13)10-17-14-5-7-18-16(9-14)6-8-19-11-16/h12-15,17H,1-11H2. The summed E-state index contributed by atoms with van der Waals surface area (Å²) in [6.07, 6.45) is 9.82. The van der Waals surface area contributed by atoms with Crippen LogP contribution >= 0.6 is 11.8 Å². The molecule has 1 spiro atoms. The second kappa shape index (κ2) is 5.23. The lowest BCUT2D eigenvalue weighted by atomic mass is 9.89. The summed E-state index contributed by atoms with van der Waals surface area (Å²) in [6, 6.07) is 0.729. The summed E-state index contributed by atoms with van der Waals surface area (Å²) >= 11 is 2.08. The first kappa shape index (κ1) is 13.0. The molecule has 0 radical (unpaired) electrons. The maximum Gasteiger partial charge on any atom is 0.0795 e. The SMILES string of the molecule is C1CC(NCC(C2CC2)C2CC2)CC2(CCSC2)O1. The molecule has 0 aromatic heterocycles. The molecule has 19 heavy (non-hydrogen) atoms. The van der Waals surface area contributed by atoms with E-state index in [2.05, 4.69) is 17.1 Å². The lowest BCUT2D eigenvalue weighted by Gasteiger charge is -2.38. The molecule has 2 nitrogen and oxygen atoms in total. The van der Waals surface area contributed by atoms with Crippen molar-refractivity contribution in [1.29, 1.82) is 0 Å². The maximum atomic E-state index is 6.12. The minimum absolute atomic E-state index is 0.245. The number of ether oxygens (including phenoxy) is 1. The first-order valence-electron chi connectivity index (χ1n) is 8.30. The Morgan fingerprint density at radius 1 is 1.16 bits per heavy atom. The van der Waals surface area contributed by atoms with Gasteiger partial charge in [-0.2, -0.15) is 11.8 Å². The molecule has 0 aromatic carbocycles. The van der Waals surface area contributed by atoms with Crippen molar-refractivity contribution in [2.45, 2.75) is 56.6 Å². The van der Waals surface area contributed by atoms with E-state index in [4.69, 9.17) is 4.74 Å². The van der Waals surface area contributed by atoms with E-state index in [-0.39, 0.29) is 5.60 Å². The molecule has 4 fully saturated rings. The number of hydrogen-bond donors (Lipinski definition) is 1. The van der Waals surface area contributed by atoms with Gasteiger partial charge in [0.25, 0.3) is 0 Å². The van der Waals surface area contributed by atoms with Crippen LogP contribution in [0.15, 0.2) is 0 Å². The van der Waals surface area contributed by atoms with Gasteiger partial charge in [-0.15, -0.1) is 0 Å². The Morgan fingerprint density at radius 2 is 1.95 bits per heavy atom. The van der Waals surface area contributed by atoms with Crippen LogP contribution in [0.1, 0.15) is 44.9 Å². The van der Waals surface area contributed by atoms with Gasteiger partial charge in [0.15, 0.2) is 0 Å². The first-order valence-corrected chi connectivity index (χ1v) is 9.45. The van der Waals surface area contributed by atoms with Gasteiger partial charge in [-0.3, -0.25) is 0 Å². The monoisotopic (exact) mass is 281 g/mol. The van der Waals surface area contributed by atoms with Gasteiger partial charge in [-0.05, 0) is 75.0 Å². The quantitative estimate of drug-likeness (QED) is 0.837. The number of rotatable bonds is 5. The summed E-state index contributed by atoms with van der Waals surface area (Å²) in [7, 11) is 0. The van der Waals surface area contributed by atoms with Crippen molar-refractivity contribution in [3.05, 3.63) is 0 Å². The zero-order chi connectivity index (χ0) is 12.7. The average molecular weight is 281 g/mol. The fraction of sp³-hybridized carbons (Fsp3) is 1.00. The summed E-state index contributed by atoms with van der Waals surface area (Å²) in [6.45, 7) is 2.28. The highest BCUT2D eigenvalue weighted by atomic mass is 32.2. The second-order valence-electron chi connectivity index (χ2n) is 7.27. The predicted molar refractivity (Wildman–Crippen MR) is 80.6 cm³/mol. The summed E-state index contributed by atoms with van der Waals surface area (Å²) in [5.74, 6) is 5.71. The molecule has 2 saturated heterocycles. The van der Waals surface area contributed by atoms with Gasteiger partial charge in [0.05, 0.1) is 5.60 Å². The number of nitrogens with one attached hydrogen (secondary N) is 1. The smallest absolute Gasteiger partial charge is 0.0795 e. The lowest BCUT2D eigenvalue weighted by Crippen LogP contribution is -2.48. The van der Waals surface area contributed by atoms with Gasteiger partial charge in [0, 0.05) is 18.4 Å². The van der Waals surface area contributed by atoms with Crippen molar-refractivity contribution in [3.63, 3.8) is 0 Å². The molecule has 2 aliphatic heterocycles. The molecule has 1 N–H and O–H groups in total. The molecule has 2 heterocycles. The molecule has 0 amide bonds. The van der Waals surface area contributed by atoms with Crippen LogP contribution in [0, 0.1) is 17.8 Å². The molecule has 4 rings (SSSR count). The molecule has 3 heteroatoms. The Balaban J connectivity index is 1.29. The highest BCUT2D eigenvalue weighted by Crippen LogP contribution is 2.49. The zero-order valence-corrected chi connectivity index (χ0v) is 12.7. The van der Waals surface area contributed by atoms with Gasteiger partial charge in [-0.1, -0.05) is 0 Å². The minimum Gasteiger partial charge on any atom is -0.374 e. The lowest BCUT2D eigenvalue weighted by molar-refractivity contribution is -0.0705. The van der Waals surface area contributed by atoms with Crippen LogP contribution < -0.4 is 5.32 Å². The maximum absolute atomic E-state index is 6.12. The highest BCUT2D eigenvalue weighted by molar-refractivity contribution is 7.99. The third-order valence-electron chi connectivity index (χ3n) is 5.66. The molecule has 0 aromatic rings. The van der Waals surface area contributed by atoms with Gasteiger partial charge in [-0.25, -0.2) is 0 Å². The molecule has 2 atom stereocenters. The zero-order valence-electron chi connectivity index (χ0n) is 11.9. The van der Waals surface area contributed by atoms with Gasteiger partial charge in [0.2, 0.25) is 0 Å². The van der Waals surface area contributed by atoms with Crippen LogP contribution in [-0.2, 0) is 4.74 Å². The molecular formula is C16H27NOS. The molecule has 4 aliphatic rings. The van der Waals surface area contributed by atoms with E-state index >= 15 is 0 Å². The van der Waals surface area contributed by atoms with E-state index in [1.165, 1.54) is 63.0 Å². The van der Waals surface area contributed by atoms with Crippen LogP contribution in [0.2, 0.25) is 0 Å². The third kappa shape index (κ3) is 2.98. The van der Waals surface area contributed by atoms with E-state index in [0.29, 0.717) is 0 Å². The largest absolute Gasteiger partial charge is 0.374 e. The van der Waals surface area contributed by atoms with E-state index in [0.717, 1.165) is 30.4 Å². The van der Waals surface area contributed by atoms with Gasteiger partial charge in [0.1, 0.15) is 0 Å². The summed E-state index contributed by atoms with van der Waals surface area (Å²) in [5, 5.41) is 3.93. The van der Waals surface area contributed by atoms with E-state index < -0.39 is 0 Å². The van der Waals surface area contributed by atoms with Crippen molar-refractivity contribution in [2.24, 2.45) is 17.8 Å². The minimum atomic E-state index is 0.245. The van der Waals surface area contributed by atoms with E-state index in [9.17, 15) is 0 Å². The van der Waals surface area contributed by atoms with Gasteiger partial charge < -0.3 is 10.1 Å². The summed E-state index contributed by atoms with van der Waals surface area (Å²) in [5.41, 5.74) is 0.245. The topological polar surface area (TPSA) is 21.3 Å². The fourth-order valence-electron chi connectivity index (χ4n) is 4.14. The Morgan fingerprint density at radius 3 is 2.58 bits per heavy atom. The number of thioether (sulfide) groups is 1. The Kier molecular flexibility index (Phi) is 3.57. The Hall–Kier alpha value is 0.270. The van der Waals surface area contributed by atoms with Crippen molar-refractivity contribution >= 4 is 11.8 Å². The van der Waals surface area contributed by atoms with Crippen LogP contribution in [0.25, 0.3) is 0 Å². The summed E-state index contributed by atoms with van der Waals surface area (Å²) in [4.78, 5) is 0. The Labute approximate surface area is 121 Å². The van der Waals surface area contributed by atoms with Crippen molar-refractivity contribution in [3.8, 4) is 0 Å². The second-order valence-corrected chi connectivity index (χ2v) is 8.38. The molecule has 108 valence electrons. The summed E-state index contributed by atoms with van der Waals surface area (Å²) < 4.78 is 6.12. The van der Waals surface area contributed by atoms with E-state index in [1.807, 2.05) is 0 Å². The molecule has 0 bridgehead atoms. The van der Waals surface area contributed by atoms with Gasteiger partial charge >= 0.3 is 0 Å². The molecule has 2 unspecified atom stereocenters. The van der Waals surface area contributed by atoms with Crippen LogP contribution in [0.3, 0.4) is 0 Å². The van der Waals surface area contributed by atoms with Crippen molar-refractivity contribution in [1.82, 2.24) is 5.32 Å². The highest BCUT2D eigenvalue weighted by Gasteiger charge is 2.43. The predicted octanol–water partition coefficient (Wildman–Crippen LogP) is 3.07. The molecule has 2 aliphatic carbocycles. The average Bonchev–Trinajstić information content (AvgIpc) is 3.32. The first-order chi connectivity index (χ1) is 9.35. The fourth-order valence-corrected chi connectivity index (χ4v) is 5.51. The normalized spacial score (nSPS) is 39.3. The van der Waals surface area contributed by atoms with Crippen LogP contribution in [0.5, 0.6) is 0 Å². The van der Waals surface area contributed by atoms with E-state index in [1.54, 1.807) is 0 Å². The number of hydrogen-bond acceptors (Lipinski definition) is 3. The van der Waals surface area contributed by atoms with Crippen LogP contribution in [0.4, 0.5) is 0 Å². The molecular weight excluding hydrogens is 254 g/mol. The third-order valence-corrected chi connectivity index (χ3v) is 6.88. The van der Waals surface area contributed by atoms with Crippen molar-refractivity contribution in [2.75, 3.05) is 24.7 Å². The van der Waals surface area contributed by atoms with Crippen LogP contribution in [-0.4, -0.2) is 36.3 Å². The Bertz CT molecular complexity index is 309. The van der Waals surface area contributed by atoms with Crippen molar-refractivity contribution < 1.29 is 4.74 Å².